The molecular formula is C15H12IN3O4. The molecule has 0 aliphatic rings. The molecule has 2 N–H and O–H groups in total. The van der Waals surface area contributed by atoms with Crippen LogP contribution in [0.1, 0.15) is 10.4 Å². The van der Waals surface area contributed by atoms with Crippen molar-refractivity contribution in [3.05, 3.63) is 67.8 Å². The van der Waals surface area contributed by atoms with Gasteiger partial charge < -0.3 is 10.6 Å². The summed E-state index contributed by atoms with van der Waals surface area (Å²) in [6, 6.07) is 12.6. The van der Waals surface area contributed by atoms with Crippen LogP contribution in [0.5, 0.6) is 0 Å². The zero-order chi connectivity index (χ0) is 16.8. The molecule has 2 aromatic carbocycles. The zero-order valence-electron chi connectivity index (χ0n) is 11.8. The molecule has 0 saturated carbocycles. The smallest absolute Gasteiger partial charge is 0.271 e. The summed E-state index contributed by atoms with van der Waals surface area (Å²) < 4.78 is 0.779. The number of halogens is 1. The minimum absolute atomic E-state index is 0.120. The SMILES string of the molecule is O=C(CNC(=O)c1ccccc1I)Nc1cccc([N+](=O)[O-])c1. The first-order chi connectivity index (χ1) is 11.0. The van der Waals surface area contributed by atoms with Gasteiger partial charge in [-0.25, -0.2) is 0 Å². The Labute approximate surface area is 145 Å². The van der Waals surface area contributed by atoms with Gasteiger partial charge in [0, 0.05) is 21.4 Å². The number of hydrogen-bond acceptors (Lipinski definition) is 4. The highest BCUT2D eigenvalue weighted by Gasteiger charge is 2.12. The molecule has 0 fully saturated rings. The third-order valence-corrected chi connectivity index (χ3v) is 3.81. The Bertz CT molecular complexity index is 764. The molecule has 0 aliphatic carbocycles. The van der Waals surface area contributed by atoms with Crippen molar-refractivity contribution in [3.8, 4) is 0 Å². The van der Waals surface area contributed by atoms with Gasteiger partial charge in [-0.05, 0) is 40.8 Å². The standard InChI is InChI=1S/C15H12IN3O4/c16-13-7-2-1-6-12(13)15(21)17-9-14(20)18-10-4-3-5-11(8-10)19(22)23/h1-8H,9H2,(H,17,21)(H,18,20). The van der Waals surface area contributed by atoms with E-state index < -0.39 is 10.8 Å². The number of amides is 2. The average molecular weight is 425 g/mol. The van der Waals surface area contributed by atoms with Gasteiger partial charge in [-0.3, -0.25) is 19.7 Å². The molecule has 2 rings (SSSR count). The van der Waals surface area contributed by atoms with Gasteiger partial charge in [0.25, 0.3) is 11.6 Å². The summed E-state index contributed by atoms with van der Waals surface area (Å²) in [5.74, 6) is -0.825. The average Bonchev–Trinajstić information content (AvgIpc) is 2.53. The maximum atomic E-state index is 12.0. The van der Waals surface area contributed by atoms with E-state index in [0.717, 1.165) is 3.57 Å². The molecule has 23 heavy (non-hydrogen) atoms. The van der Waals surface area contributed by atoms with Crippen molar-refractivity contribution in [1.82, 2.24) is 5.32 Å². The number of carbonyl (C=O) groups is 2. The maximum Gasteiger partial charge on any atom is 0.271 e. The molecule has 118 valence electrons. The lowest BCUT2D eigenvalue weighted by Gasteiger charge is -2.08. The van der Waals surface area contributed by atoms with Crippen LogP contribution in [0.2, 0.25) is 0 Å². The lowest BCUT2D eigenvalue weighted by atomic mass is 10.2. The van der Waals surface area contributed by atoms with Crippen molar-refractivity contribution < 1.29 is 14.5 Å². The van der Waals surface area contributed by atoms with Gasteiger partial charge in [-0.1, -0.05) is 18.2 Å². The summed E-state index contributed by atoms with van der Waals surface area (Å²) >= 11 is 2.04. The van der Waals surface area contributed by atoms with Crippen LogP contribution in [-0.4, -0.2) is 23.3 Å². The quantitative estimate of drug-likeness (QED) is 0.437. The third kappa shape index (κ3) is 4.74. The van der Waals surface area contributed by atoms with Gasteiger partial charge in [-0.2, -0.15) is 0 Å². The molecule has 0 spiro atoms. The fourth-order valence-electron chi connectivity index (χ4n) is 1.80. The number of nitrogens with one attached hydrogen (secondary N) is 2. The second-order valence-electron chi connectivity index (χ2n) is 4.52. The van der Waals surface area contributed by atoms with Gasteiger partial charge in [0.2, 0.25) is 5.91 Å². The highest BCUT2D eigenvalue weighted by Crippen LogP contribution is 2.16. The molecule has 0 heterocycles. The fraction of sp³-hybridized carbons (Fsp3) is 0.0667. The van der Waals surface area contributed by atoms with Crippen LogP contribution in [-0.2, 0) is 4.79 Å². The van der Waals surface area contributed by atoms with Crippen LogP contribution in [0.15, 0.2) is 48.5 Å². The number of benzene rings is 2. The molecular weight excluding hydrogens is 413 g/mol. The van der Waals surface area contributed by atoms with Gasteiger partial charge in [0.05, 0.1) is 17.0 Å². The predicted molar refractivity (Wildman–Crippen MR) is 93.2 cm³/mol. The molecule has 0 aliphatic heterocycles. The fourth-order valence-corrected chi connectivity index (χ4v) is 2.44. The van der Waals surface area contributed by atoms with Crippen LogP contribution in [0.4, 0.5) is 11.4 Å². The summed E-state index contributed by atoms with van der Waals surface area (Å²) in [5, 5.41) is 15.7. The van der Waals surface area contributed by atoms with Crippen LogP contribution < -0.4 is 10.6 Å². The van der Waals surface area contributed by atoms with Crippen molar-refractivity contribution in [2.75, 3.05) is 11.9 Å². The van der Waals surface area contributed by atoms with E-state index in [0.29, 0.717) is 11.3 Å². The first kappa shape index (κ1) is 16.9. The monoisotopic (exact) mass is 425 g/mol. The first-order valence-electron chi connectivity index (χ1n) is 6.54. The van der Waals surface area contributed by atoms with Crippen LogP contribution in [0, 0.1) is 13.7 Å². The number of rotatable bonds is 5. The summed E-state index contributed by atoms with van der Waals surface area (Å²) in [4.78, 5) is 33.9. The normalized spacial score (nSPS) is 9.96. The minimum Gasteiger partial charge on any atom is -0.343 e. The molecule has 0 aromatic heterocycles. The van der Waals surface area contributed by atoms with Gasteiger partial charge in [0.1, 0.15) is 0 Å². The van der Waals surface area contributed by atoms with Gasteiger partial charge in [0.15, 0.2) is 0 Å². The van der Waals surface area contributed by atoms with Crippen LogP contribution >= 0.6 is 22.6 Å². The van der Waals surface area contributed by atoms with Crippen molar-refractivity contribution in [1.29, 1.82) is 0 Å². The number of carbonyl (C=O) groups excluding carboxylic acids is 2. The second kappa shape index (κ2) is 7.68. The van der Waals surface area contributed by atoms with Gasteiger partial charge in [-0.15, -0.1) is 0 Å². The Morgan fingerprint density at radius 3 is 2.57 bits per heavy atom. The van der Waals surface area contributed by atoms with Crippen molar-refractivity contribution in [2.24, 2.45) is 0 Å². The number of hydrogen-bond donors (Lipinski definition) is 2. The van der Waals surface area contributed by atoms with Crippen molar-refractivity contribution in [3.63, 3.8) is 0 Å². The summed E-state index contributed by atoms with van der Waals surface area (Å²) in [5.41, 5.74) is 0.662. The number of non-ortho nitro benzene ring substituents is 1. The highest BCUT2D eigenvalue weighted by atomic mass is 127. The Hall–Kier alpha value is -2.49. The molecule has 7 nitrogen and oxygen atoms in total. The molecule has 0 radical (unpaired) electrons. The molecule has 0 unspecified atom stereocenters. The van der Waals surface area contributed by atoms with Crippen molar-refractivity contribution in [2.45, 2.75) is 0 Å². The number of anilines is 1. The molecule has 2 aromatic rings. The molecule has 0 saturated heterocycles. The molecule has 0 bridgehead atoms. The highest BCUT2D eigenvalue weighted by molar-refractivity contribution is 14.1. The number of nitrogens with zero attached hydrogens (tertiary/aromatic N) is 1. The lowest BCUT2D eigenvalue weighted by molar-refractivity contribution is -0.384. The van der Waals surface area contributed by atoms with Gasteiger partial charge >= 0.3 is 0 Å². The molecule has 2 amide bonds. The molecule has 0 atom stereocenters. The Balaban J connectivity index is 1.93. The van der Waals surface area contributed by atoms with E-state index in [1.165, 1.54) is 24.3 Å². The summed E-state index contributed by atoms with van der Waals surface area (Å²) in [6.45, 7) is -0.230. The summed E-state index contributed by atoms with van der Waals surface area (Å²) in [6.07, 6.45) is 0. The largest absolute Gasteiger partial charge is 0.343 e. The van der Waals surface area contributed by atoms with E-state index in [9.17, 15) is 19.7 Å². The summed E-state index contributed by atoms with van der Waals surface area (Å²) in [7, 11) is 0. The van der Waals surface area contributed by atoms with Crippen LogP contribution in [0.3, 0.4) is 0 Å². The van der Waals surface area contributed by atoms with E-state index in [2.05, 4.69) is 10.6 Å². The van der Waals surface area contributed by atoms with E-state index >= 15 is 0 Å². The molecule has 8 heteroatoms. The first-order valence-corrected chi connectivity index (χ1v) is 7.62. The maximum absolute atomic E-state index is 12.0. The van der Waals surface area contributed by atoms with E-state index in [1.807, 2.05) is 28.7 Å². The minimum atomic E-state index is -0.547. The van der Waals surface area contributed by atoms with E-state index in [-0.39, 0.29) is 18.1 Å². The second-order valence-corrected chi connectivity index (χ2v) is 5.68. The Morgan fingerprint density at radius 1 is 1.13 bits per heavy atom. The Kier molecular flexibility index (Phi) is 5.63. The predicted octanol–water partition coefficient (Wildman–Crippen LogP) is 2.57. The lowest BCUT2D eigenvalue weighted by Crippen LogP contribution is -2.33. The Morgan fingerprint density at radius 2 is 1.87 bits per heavy atom. The van der Waals surface area contributed by atoms with Crippen molar-refractivity contribution >= 4 is 45.8 Å². The van der Waals surface area contributed by atoms with E-state index in [4.69, 9.17) is 0 Å². The topological polar surface area (TPSA) is 101 Å². The number of nitro groups is 1. The van der Waals surface area contributed by atoms with E-state index in [1.54, 1.807) is 18.2 Å². The number of nitro benzene ring substituents is 1. The van der Waals surface area contributed by atoms with Crippen LogP contribution in [0.25, 0.3) is 0 Å². The zero-order valence-corrected chi connectivity index (χ0v) is 13.9. The third-order valence-electron chi connectivity index (χ3n) is 2.87.